The summed E-state index contributed by atoms with van der Waals surface area (Å²) in [5.74, 6) is -0.826. The van der Waals surface area contributed by atoms with Crippen LogP contribution < -0.4 is 4.90 Å². The highest BCUT2D eigenvalue weighted by molar-refractivity contribution is 7.22. The number of aromatic nitrogens is 1. The Labute approximate surface area is 190 Å². The number of ether oxygens (including phenoxy) is 1. The molecule has 3 aromatic rings. The zero-order valence-electron chi connectivity index (χ0n) is 16.9. The largest absolute Gasteiger partial charge is 0.465 e. The van der Waals surface area contributed by atoms with Crippen molar-refractivity contribution in [3.8, 4) is 0 Å². The molecule has 30 heavy (non-hydrogen) atoms. The summed E-state index contributed by atoms with van der Waals surface area (Å²) in [5, 5.41) is 1.19. The fourth-order valence-corrected chi connectivity index (χ4v) is 4.20. The molecule has 160 valence electrons. The summed E-state index contributed by atoms with van der Waals surface area (Å²) in [6.07, 6.45) is 0.760. The number of hydrogen-bond donors (Lipinski definition) is 0. The zero-order valence-corrected chi connectivity index (χ0v) is 19.3. The van der Waals surface area contributed by atoms with Crippen LogP contribution in [0.3, 0.4) is 0 Å². The first-order valence-electron chi connectivity index (χ1n) is 9.10. The van der Waals surface area contributed by atoms with Crippen LogP contribution in [0.5, 0.6) is 0 Å². The number of esters is 1. The molecule has 0 saturated carbocycles. The molecule has 3 rings (SSSR count). The number of benzene rings is 2. The second-order valence-corrected chi connectivity index (χ2v) is 8.20. The molecule has 0 radical (unpaired) electrons. The fourth-order valence-electron chi connectivity index (χ4n) is 2.93. The van der Waals surface area contributed by atoms with E-state index in [1.165, 1.54) is 18.4 Å². The molecule has 1 heterocycles. The molecule has 0 aliphatic heterocycles. The molecule has 0 unspecified atom stereocenters. The van der Waals surface area contributed by atoms with Gasteiger partial charge in [0, 0.05) is 11.6 Å². The third kappa shape index (κ3) is 5.49. The Bertz CT molecular complexity index is 1040. The molecule has 6 nitrogen and oxygen atoms in total. The molecule has 0 atom stereocenters. The van der Waals surface area contributed by atoms with E-state index in [0.29, 0.717) is 22.3 Å². The van der Waals surface area contributed by atoms with Gasteiger partial charge in [0.2, 0.25) is 0 Å². The first-order chi connectivity index (χ1) is 13.9. The van der Waals surface area contributed by atoms with Crippen LogP contribution in [0.2, 0.25) is 5.02 Å². The number of halogens is 2. The Balaban J connectivity index is 0.00000320. The fraction of sp³-hybridized carbons (Fsp3) is 0.286. The van der Waals surface area contributed by atoms with Crippen LogP contribution in [0.25, 0.3) is 10.2 Å². The Morgan fingerprint density at radius 1 is 1.10 bits per heavy atom. The maximum atomic E-state index is 13.5. The SMILES string of the molecule is COC(=O)c1ccccc1C(=O)N(CCCN(C)C)c1nc2ccc(Cl)cc2s1.Cl. The van der Waals surface area contributed by atoms with Gasteiger partial charge in [-0.1, -0.05) is 35.1 Å². The van der Waals surface area contributed by atoms with Crippen LogP contribution in [0.1, 0.15) is 27.1 Å². The first kappa shape index (κ1) is 24.1. The number of rotatable bonds is 7. The van der Waals surface area contributed by atoms with Crippen molar-refractivity contribution >= 4 is 62.6 Å². The summed E-state index contributed by atoms with van der Waals surface area (Å²) >= 11 is 7.50. The Morgan fingerprint density at radius 2 is 1.80 bits per heavy atom. The molecular formula is C21H23Cl2N3O3S. The average molecular weight is 468 g/mol. The Kier molecular flexibility index (Phi) is 8.61. The number of carbonyl (C=O) groups is 2. The summed E-state index contributed by atoms with van der Waals surface area (Å²) < 4.78 is 5.74. The molecule has 1 aromatic heterocycles. The standard InChI is InChI=1S/C21H22ClN3O3S.ClH/c1-24(2)11-6-12-25(21-23-17-10-9-14(22)13-18(17)29-21)19(26)15-7-4-5-8-16(15)20(27)28-3;/h4-5,7-10,13H,6,11-12H2,1-3H3;1H. The molecule has 1 amide bonds. The van der Waals surface area contributed by atoms with Crippen molar-refractivity contribution in [3.05, 3.63) is 58.6 Å². The van der Waals surface area contributed by atoms with Crippen molar-refractivity contribution in [2.75, 3.05) is 39.2 Å². The van der Waals surface area contributed by atoms with Crippen LogP contribution >= 0.6 is 35.3 Å². The monoisotopic (exact) mass is 467 g/mol. The van der Waals surface area contributed by atoms with Gasteiger partial charge in [-0.2, -0.15) is 0 Å². The highest BCUT2D eigenvalue weighted by Crippen LogP contribution is 2.32. The predicted octanol–water partition coefficient (Wildman–Crippen LogP) is 4.76. The van der Waals surface area contributed by atoms with Crippen molar-refractivity contribution in [1.29, 1.82) is 0 Å². The van der Waals surface area contributed by atoms with Gasteiger partial charge in [-0.15, -0.1) is 12.4 Å². The summed E-state index contributed by atoms with van der Waals surface area (Å²) in [6.45, 7) is 1.29. The van der Waals surface area contributed by atoms with Gasteiger partial charge in [0.15, 0.2) is 5.13 Å². The van der Waals surface area contributed by atoms with E-state index in [1.54, 1.807) is 35.2 Å². The summed E-state index contributed by atoms with van der Waals surface area (Å²) in [5.41, 5.74) is 1.31. The molecule has 9 heteroatoms. The number of hydrogen-bond acceptors (Lipinski definition) is 6. The highest BCUT2D eigenvalue weighted by Gasteiger charge is 2.25. The van der Waals surface area contributed by atoms with Gasteiger partial charge >= 0.3 is 5.97 Å². The van der Waals surface area contributed by atoms with Gasteiger partial charge in [0.1, 0.15) is 0 Å². The van der Waals surface area contributed by atoms with Crippen LogP contribution in [0.4, 0.5) is 5.13 Å². The van der Waals surface area contributed by atoms with E-state index < -0.39 is 5.97 Å². The lowest BCUT2D eigenvalue weighted by molar-refractivity contribution is 0.0597. The Morgan fingerprint density at radius 3 is 2.47 bits per heavy atom. The minimum Gasteiger partial charge on any atom is -0.465 e. The molecule has 2 aromatic carbocycles. The number of nitrogens with zero attached hydrogens (tertiary/aromatic N) is 3. The van der Waals surface area contributed by atoms with Crippen molar-refractivity contribution < 1.29 is 14.3 Å². The normalized spacial score (nSPS) is 10.7. The number of fused-ring (bicyclic) bond motifs is 1. The number of carbonyl (C=O) groups excluding carboxylic acids is 2. The zero-order chi connectivity index (χ0) is 21.0. The minimum atomic E-state index is -0.543. The number of methoxy groups -OCH3 is 1. The lowest BCUT2D eigenvalue weighted by Gasteiger charge is -2.22. The molecule has 0 spiro atoms. The number of amides is 1. The van der Waals surface area contributed by atoms with Gasteiger partial charge < -0.3 is 9.64 Å². The van der Waals surface area contributed by atoms with Crippen LogP contribution in [0.15, 0.2) is 42.5 Å². The first-order valence-corrected chi connectivity index (χ1v) is 10.3. The van der Waals surface area contributed by atoms with Crippen LogP contribution in [-0.4, -0.2) is 56.1 Å². The summed E-state index contributed by atoms with van der Waals surface area (Å²) in [6, 6.07) is 12.1. The average Bonchev–Trinajstić information content (AvgIpc) is 3.12. The quantitative estimate of drug-likeness (QED) is 0.468. The number of anilines is 1. The van der Waals surface area contributed by atoms with E-state index in [4.69, 9.17) is 16.3 Å². The van der Waals surface area contributed by atoms with E-state index in [0.717, 1.165) is 23.2 Å². The molecule has 0 bridgehead atoms. The third-order valence-electron chi connectivity index (χ3n) is 4.37. The van der Waals surface area contributed by atoms with E-state index >= 15 is 0 Å². The van der Waals surface area contributed by atoms with Gasteiger partial charge in [-0.05, 0) is 57.4 Å². The summed E-state index contributed by atoms with van der Waals surface area (Å²) in [4.78, 5) is 33.9. The lowest BCUT2D eigenvalue weighted by atomic mass is 10.1. The summed E-state index contributed by atoms with van der Waals surface area (Å²) in [7, 11) is 5.27. The maximum absolute atomic E-state index is 13.5. The topological polar surface area (TPSA) is 62.7 Å². The van der Waals surface area contributed by atoms with Crippen LogP contribution in [-0.2, 0) is 4.74 Å². The van der Waals surface area contributed by atoms with Gasteiger partial charge in [-0.25, -0.2) is 9.78 Å². The molecule has 0 N–H and O–H groups in total. The molecule has 0 fully saturated rings. The minimum absolute atomic E-state index is 0. The van der Waals surface area contributed by atoms with Crippen molar-refractivity contribution in [1.82, 2.24) is 9.88 Å². The second-order valence-electron chi connectivity index (χ2n) is 6.76. The van der Waals surface area contributed by atoms with Gasteiger partial charge in [0.05, 0.1) is 28.5 Å². The maximum Gasteiger partial charge on any atom is 0.338 e. The van der Waals surface area contributed by atoms with E-state index in [1.807, 2.05) is 26.2 Å². The molecular weight excluding hydrogens is 445 g/mol. The van der Waals surface area contributed by atoms with Crippen molar-refractivity contribution in [2.45, 2.75) is 6.42 Å². The molecule has 0 saturated heterocycles. The molecule has 0 aliphatic rings. The van der Waals surface area contributed by atoms with Crippen LogP contribution in [0, 0.1) is 0 Å². The van der Waals surface area contributed by atoms with E-state index in [9.17, 15) is 9.59 Å². The predicted molar refractivity (Wildman–Crippen MR) is 125 cm³/mol. The smallest absolute Gasteiger partial charge is 0.338 e. The Hall–Kier alpha value is -2.19. The van der Waals surface area contributed by atoms with Crippen molar-refractivity contribution in [2.24, 2.45) is 0 Å². The lowest BCUT2D eigenvalue weighted by Crippen LogP contribution is -2.34. The van der Waals surface area contributed by atoms with E-state index in [-0.39, 0.29) is 23.9 Å². The van der Waals surface area contributed by atoms with Crippen molar-refractivity contribution in [3.63, 3.8) is 0 Å². The highest BCUT2D eigenvalue weighted by atomic mass is 35.5. The van der Waals surface area contributed by atoms with E-state index in [2.05, 4.69) is 9.88 Å². The third-order valence-corrected chi connectivity index (χ3v) is 5.64. The number of thiazole rings is 1. The van der Waals surface area contributed by atoms with Gasteiger partial charge in [0.25, 0.3) is 5.91 Å². The second kappa shape index (κ2) is 10.7. The van der Waals surface area contributed by atoms with Gasteiger partial charge in [-0.3, -0.25) is 9.69 Å². The molecule has 0 aliphatic carbocycles.